The molecule has 5 heteroatoms. The Morgan fingerprint density at radius 3 is 2.65 bits per heavy atom. The van der Waals surface area contributed by atoms with Gasteiger partial charge in [-0.1, -0.05) is 13.8 Å². The molecule has 2 N–H and O–H groups in total. The quantitative estimate of drug-likeness (QED) is 0.599. The maximum atomic E-state index is 11.5. The monoisotopic (exact) mass is 236 g/mol. The summed E-state index contributed by atoms with van der Waals surface area (Å²) in [6.07, 6.45) is 6.21. The number of aromatic hydroxyl groups is 1. The van der Waals surface area contributed by atoms with Gasteiger partial charge in [0.15, 0.2) is 0 Å². The van der Waals surface area contributed by atoms with E-state index in [-0.39, 0.29) is 17.4 Å². The largest absolute Gasteiger partial charge is 0.494 e. The molecule has 92 valence electrons. The number of hydrogen-bond acceptors (Lipinski definition) is 3. The summed E-state index contributed by atoms with van der Waals surface area (Å²) in [4.78, 5) is 25.2. The summed E-state index contributed by atoms with van der Waals surface area (Å²) in [5.41, 5.74) is -0.907. The van der Waals surface area contributed by atoms with Crippen molar-refractivity contribution in [3.05, 3.63) is 26.4 Å². The van der Waals surface area contributed by atoms with Gasteiger partial charge in [0.1, 0.15) is 0 Å². The van der Waals surface area contributed by atoms with Crippen LogP contribution in [0.4, 0.5) is 0 Å². The molecule has 0 saturated heterocycles. The fraction of sp³-hybridized carbons (Fsp3) is 0.500. The number of terminal acetylenes is 1. The van der Waals surface area contributed by atoms with Crippen molar-refractivity contribution >= 4 is 0 Å². The number of nitrogens with zero attached hydrogens (tertiary/aromatic N) is 1. The molecule has 1 aromatic heterocycles. The Kier molecular flexibility index (Phi) is 4.16. The summed E-state index contributed by atoms with van der Waals surface area (Å²) < 4.78 is 1.15. The molecule has 0 saturated carbocycles. The number of rotatable bonds is 4. The standard InChI is InChI=1S/C12H16N2O3/c1-4-5-6-7-14-11(16)9(8(2)3)10(15)13-12(14)17/h1,8,16H,5-7H2,2-3H3,(H,13,15,17). The van der Waals surface area contributed by atoms with Crippen LogP contribution in [0.5, 0.6) is 5.88 Å². The van der Waals surface area contributed by atoms with E-state index in [9.17, 15) is 14.7 Å². The van der Waals surface area contributed by atoms with Gasteiger partial charge in [-0.3, -0.25) is 14.3 Å². The maximum Gasteiger partial charge on any atom is 0.331 e. The molecule has 1 rings (SSSR count). The fourth-order valence-corrected chi connectivity index (χ4v) is 1.64. The predicted molar refractivity (Wildman–Crippen MR) is 65.1 cm³/mol. The molecule has 0 aromatic carbocycles. The molecule has 0 amide bonds. The van der Waals surface area contributed by atoms with Crippen LogP contribution in [-0.4, -0.2) is 14.7 Å². The summed E-state index contributed by atoms with van der Waals surface area (Å²) in [6, 6.07) is 0. The second kappa shape index (κ2) is 5.39. The SMILES string of the molecule is C#CCCCn1c(O)c(C(C)C)c(=O)[nH]c1=O. The average molecular weight is 236 g/mol. The molecule has 0 unspecified atom stereocenters. The summed E-state index contributed by atoms with van der Waals surface area (Å²) in [7, 11) is 0. The van der Waals surface area contributed by atoms with E-state index in [1.54, 1.807) is 13.8 Å². The van der Waals surface area contributed by atoms with Crippen LogP contribution in [0.25, 0.3) is 0 Å². The first-order valence-corrected chi connectivity index (χ1v) is 5.48. The van der Waals surface area contributed by atoms with E-state index < -0.39 is 11.2 Å². The van der Waals surface area contributed by atoms with Crippen LogP contribution in [0.3, 0.4) is 0 Å². The molecule has 0 atom stereocenters. The topological polar surface area (TPSA) is 75.1 Å². The fourth-order valence-electron chi connectivity index (χ4n) is 1.64. The number of H-pyrrole nitrogens is 1. The van der Waals surface area contributed by atoms with Crippen LogP contribution >= 0.6 is 0 Å². The lowest BCUT2D eigenvalue weighted by Crippen LogP contribution is -2.32. The molecule has 0 fully saturated rings. The lowest BCUT2D eigenvalue weighted by atomic mass is 10.1. The number of aromatic nitrogens is 2. The van der Waals surface area contributed by atoms with Gasteiger partial charge in [-0.05, 0) is 12.3 Å². The maximum absolute atomic E-state index is 11.5. The Labute approximate surface area is 99.1 Å². The zero-order valence-corrected chi connectivity index (χ0v) is 9.99. The first kappa shape index (κ1) is 13.1. The minimum Gasteiger partial charge on any atom is -0.494 e. The Bertz CT molecular complexity index is 546. The zero-order chi connectivity index (χ0) is 13.0. The predicted octanol–water partition coefficient (Wildman–Crippen LogP) is 0.779. The third-order valence-electron chi connectivity index (χ3n) is 2.49. The van der Waals surface area contributed by atoms with Gasteiger partial charge in [-0.25, -0.2) is 4.79 Å². The molecule has 1 aromatic rings. The molecule has 0 aliphatic rings. The smallest absolute Gasteiger partial charge is 0.331 e. The van der Waals surface area contributed by atoms with E-state index in [0.717, 1.165) is 4.57 Å². The molecule has 17 heavy (non-hydrogen) atoms. The highest BCUT2D eigenvalue weighted by atomic mass is 16.3. The van der Waals surface area contributed by atoms with Crippen molar-refractivity contribution in [1.29, 1.82) is 0 Å². The van der Waals surface area contributed by atoms with Crippen molar-refractivity contribution in [2.45, 2.75) is 39.2 Å². The molecule has 0 spiro atoms. The summed E-state index contributed by atoms with van der Waals surface area (Å²) in [5, 5.41) is 9.91. The Morgan fingerprint density at radius 2 is 2.12 bits per heavy atom. The van der Waals surface area contributed by atoms with Crippen LogP contribution in [0.15, 0.2) is 9.59 Å². The first-order valence-electron chi connectivity index (χ1n) is 5.48. The van der Waals surface area contributed by atoms with E-state index in [1.807, 2.05) is 0 Å². The lowest BCUT2D eigenvalue weighted by Gasteiger charge is -2.12. The van der Waals surface area contributed by atoms with Crippen molar-refractivity contribution in [2.75, 3.05) is 0 Å². The lowest BCUT2D eigenvalue weighted by molar-refractivity contribution is 0.386. The highest BCUT2D eigenvalue weighted by Gasteiger charge is 2.16. The van der Waals surface area contributed by atoms with Gasteiger partial charge in [-0.2, -0.15) is 0 Å². The van der Waals surface area contributed by atoms with Gasteiger partial charge >= 0.3 is 5.69 Å². The summed E-state index contributed by atoms with van der Waals surface area (Å²) in [6.45, 7) is 3.85. The second-order valence-electron chi connectivity index (χ2n) is 4.11. The third-order valence-corrected chi connectivity index (χ3v) is 2.49. The molecule has 0 aliphatic heterocycles. The van der Waals surface area contributed by atoms with Gasteiger partial charge in [0.05, 0.1) is 5.56 Å². The molecule has 0 aliphatic carbocycles. The molecule has 5 nitrogen and oxygen atoms in total. The normalized spacial score (nSPS) is 10.5. The Morgan fingerprint density at radius 1 is 1.47 bits per heavy atom. The number of nitrogens with one attached hydrogen (secondary N) is 1. The van der Waals surface area contributed by atoms with Crippen molar-refractivity contribution in [3.8, 4) is 18.2 Å². The number of unbranched alkanes of at least 4 members (excludes halogenated alkanes) is 1. The van der Waals surface area contributed by atoms with Crippen LogP contribution in [0, 0.1) is 12.3 Å². The van der Waals surface area contributed by atoms with Crippen molar-refractivity contribution in [3.63, 3.8) is 0 Å². The third kappa shape index (κ3) is 2.78. The van der Waals surface area contributed by atoms with Crippen molar-refractivity contribution in [1.82, 2.24) is 9.55 Å². The second-order valence-corrected chi connectivity index (χ2v) is 4.11. The summed E-state index contributed by atoms with van der Waals surface area (Å²) in [5.74, 6) is 2.04. The van der Waals surface area contributed by atoms with Gasteiger partial charge in [0.2, 0.25) is 5.88 Å². The van der Waals surface area contributed by atoms with Gasteiger partial charge in [0.25, 0.3) is 5.56 Å². The Hall–Kier alpha value is -1.96. The Balaban J connectivity index is 3.23. The molecule has 0 radical (unpaired) electrons. The minimum atomic E-state index is -0.603. The molecule has 1 heterocycles. The van der Waals surface area contributed by atoms with Crippen LogP contribution in [-0.2, 0) is 6.54 Å². The molecular weight excluding hydrogens is 220 g/mol. The number of aromatic amines is 1. The highest BCUT2D eigenvalue weighted by Crippen LogP contribution is 2.19. The first-order chi connectivity index (χ1) is 7.99. The van der Waals surface area contributed by atoms with E-state index in [1.165, 1.54) is 0 Å². The van der Waals surface area contributed by atoms with E-state index in [4.69, 9.17) is 6.42 Å². The molecule has 0 bridgehead atoms. The van der Waals surface area contributed by atoms with Crippen LogP contribution in [0.2, 0.25) is 0 Å². The van der Waals surface area contributed by atoms with E-state index in [0.29, 0.717) is 19.4 Å². The van der Waals surface area contributed by atoms with Crippen molar-refractivity contribution < 1.29 is 5.11 Å². The van der Waals surface area contributed by atoms with Gasteiger partial charge in [-0.15, -0.1) is 12.3 Å². The number of hydrogen-bond donors (Lipinski definition) is 2. The average Bonchev–Trinajstić information content (AvgIpc) is 2.21. The van der Waals surface area contributed by atoms with Gasteiger partial charge < -0.3 is 5.11 Å². The zero-order valence-electron chi connectivity index (χ0n) is 9.99. The van der Waals surface area contributed by atoms with Crippen LogP contribution in [0.1, 0.15) is 38.2 Å². The summed E-state index contributed by atoms with van der Waals surface area (Å²) >= 11 is 0. The highest BCUT2D eigenvalue weighted by molar-refractivity contribution is 5.25. The van der Waals surface area contributed by atoms with Gasteiger partial charge in [0, 0.05) is 13.0 Å². The molecular formula is C12H16N2O3. The van der Waals surface area contributed by atoms with Crippen LogP contribution < -0.4 is 11.2 Å². The van der Waals surface area contributed by atoms with E-state index >= 15 is 0 Å². The van der Waals surface area contributed by atoms with Crippen molar-refractivity contribution in [2.24, 2.45) is 0 Å². The van der Waals surface area contributed by atoms with E-state index in [2.05, 4.69) is 10.9 Å². The minimum absolute atomic E-state index is 0.154.